The Kier molecular flexibility index (Phi) is 8.13. The molecule has 0 atom stereocenters. The quantitative estimate of drug-likeness (QED) is 0.425. The number of unbranched alkanes of at least 4 members (excludes halogenated alkanes) is 3. The summed E-state index contributed by atoms with van der Waals surface area (Å²) < 4.78 is 30.4. The van der Waals surface area contributed by atoms with Gasteiger partial charge in [-0.15, -0.1) is 0 Å². The maximum Gasteiger partial charge on any atom is 0.330 e. The minimum atomic E-state index is -0.733. The van der Waals surface area contributed by atoms with Gasteiger partial charge in [0.2, 0.25) is 5.91 Å². The number of rotatable bonds is 11. The fourth-order valence-corrected chi connectivity index (χ4v) is 3.72. The van der Waals surface area contributed by atoms with E-state index in [0.29, 0.717) is 30.1 Å². The number of benzene rings is 1. The minimum absolute atomic E-state index is 0.0514. The summed E-state index contributed by atoms with van der Waals surface area (Å²) in [6.45, 7) is 5.02. The Morgan fingerprint density at radius 3 is 2.52 bits per heavy atom. The second-order valence-corrected chi connectivity index (χ2v) is 8.00. The van der Waals surface area contributed by atoms with E-state index in [-0.39, 0.29) is 18.5 Å². The molecule has 178 valence electrons. The summed E-state index contributed by atoms with van der Waals surface area (Å²) in [4.78, 5) is 44.4. The predicted molar refractivity (Wildman–Crippen MR) is 122 cm³/mol. The van der Waals surface area contributed by atoms with E-state index in [9.17, 15) is 23.2 Å². The average Bonchev–Trinajstić information content (AvgIpc) is 3.13. The monoisotopic (exact) mass is 461 g/mol. The molecule has 10 heteroatoms. The highest BCUT2D eigenvalue weighted by Gasteiger charge is 2.19. The average molecular weight is 462 g/mol. The molecule has 0 radical (unpaired) electrons. The third kappa shape index (κ3) is 5.74. The molecule has 0 fully saturated rings. The number of hydrogen-bond donors (Lipinski definition) is 2. The van der Waals surface area contributed by atoms with Gasteiger partial charge in [-0.25, -0.2) is 18.6 Å². The van der Waals surface area contributed by atoms with Gasteiger partial charge in [-0.05, 0) is 25.0 Å². The SMILES string of the molecule is CCCCCn1c(CCC(=O)Nc2cc(F)ccc2F)nc2c1c(=O)[nH]c(=O)n2CCCC. The van der Waals surface area contributed by atoms with Crippen molar-refractivity contribution in [2.45, 2.75) is 71.9 Å². The van der Waals surface area contributed by atoms with Crippen LogP contribution in [0.1, 0.15) is 58.2 Å². The maximum absolute atomic E-state index is 13.8. The molecule has 2 heterocycles. The van der Waals surface area contributed by atoms with Crippen molar-refractivity contribution in [3.05, 3.63) is 56.5 Å². The van der Waals surface area contributed by atoms with E-state index in [1.165, 1.54) is 4.57 Å². The van der Waals surface area contributed by atoms with E-state index in [1.807, 2.05) is 6.92 Å². The number of hydrogen-bond acceptors (Lipinski definition) is 4. The van der Waals surface area contributed by atoms with Gasteiger partial charge < -0.3 is 9.88 Å². The molecule has 0 aliphatic rings. The second-order valence-electron chi connectivity index (χ2n) is 8.00. The van der Waals surface area contributed by atoms with Gasteiger partial charge in [0.05, 0.1) is 5.69 Å². The second kappa shape index (κ2) is 11.0. The molecule has 0 aliphatic heterocycles. The molecule has 0 saturated carbocycles. The third-order valence-corrected chi connectivity index (χ3v) is 5.46. The van der Waals surface area contributed by atoms with Crippen molar-refractivity contribution in [1.82, 2.24) is 19.1 Å². The van der Waals surface area contributed by atoms with Crippen molar-refractivity contribution in [1.29, 1.82) is 0 Å². The van der Waals surface area contributed by atoms with Crippen LogP contribution in [0, 0.1) is 11.6 Å². The molecule has 2 N–H and O–H groups in total. The number of aromatic nitrogens is 4. The molecule has 1 aromatic carbocycles. The maximum atomic E-state index is 13.8. The van der Waals surface area contributed by atoms with Crippen LogP contribution in [0.2, 0.25) is 0 Å². The number of aromatic amines is 1. The lowest BCUT2D eigenvalue weighted by Crippen LogP contribution is -2.31. The Bertz CT molecular complexity index is 1250. The molecular formula is C23H29F2N5O3. The van der Waals surface area contributed by atoms with Crippen LogP contribution in [0.25, 0.3) is 11.2 Å². The van der Waals surface area contributed by atoms with Crippen molar-refractivity contribution < 1.29 is 13.6 Å². The number of nitrogens with one attached hydrogen (secondary N) is 2. The van der Waals surface area contributed by atoms with E-state index >= 15 is 0 Å². The fraction of sp³-hybridized carbons (Fsp3) is 0.478. The zero-order chi connectivity index (χ0) is 24.0. The first-order valence-electron chi connectivity index (χ1n) is 11.3. The topological polar surface area (TPSA) is 102 Å². The van der Waals surface area contributed by atoms with E-state index in [4.69, 9.17) is 0 Å². The zero-order valence-corrected chi connectivity index (χ0v) is 18.9. The number of H-pyrrole nitrogens is 1. The highest BCUT2D eigenvalue weighted by atomic mass is 19.1. The predicted octanol–water partition coefficient (Wildman–Crippen LogP) is 3.73. The molecule has 0 unspecified atom stereocenters. The van der Waals surface area contributed by atoms with Crippen molar-refractivity contribution in [3.8, 4) is 0 Å². The molecule has 3 aromatic rings. The highest BCUT2D eigenvalue weighted by molar-refractivity contribution is 5.91. The van der Waals surface area contributed by atoms with Crippen LogP contribution in [-0.2, 0) is 24.3 Å². The minimum Gasteiger partial charge on any atom is -0.324 e. The number of carbonyl (C=O) groups excluding carboxylic acids is 1. The number of imidazole rings is 1. The Balaban J connectivity index is 1.91. The zero-order valence-electron chi connectivity index (χ0n) is 18.9. The van der Waals surface area contributed by atoms with Gasteiger partial charge in [-0.3, -0.25) is 19.1 Å². The Hall–Kier alpha value is -3.30. The standard InChI is InChI=1S/C23H29F2N5O3/c1-3-5-7-13-29-18(10-11-19(31)26-17-14-15(24)8-9-16(17)25)27-21-20(29)22(32)28-23(33)30(21)12-6-4-2/h8-9,14H,3-7,10-13H2,1-2H3,(H,26,31)(H,28,32,33). The van der Waals surface area contributed by atoms with Crippen LogP contribution in [0.5, 0.6) is 0 Å². The Morgan fingerprint density at radius 2 is 1.79 bits per heavy atom. The largest absolute Gasteiger partial charge is 0.330 e. The van der Waals surface area contributed by atoms with Gasteiger partial charge in [0.15, 0.2) is 11.2 Å². The van der Waals surface area contributed by atoms with E-state index in [2.05, 4.69) is 22.2 Å². The third-order valence-electron chi connectivity index (χ3n) is 5.46. The van der Waals surface area contributed by atoms with Crippen LogP contribution < -0.4 is 16.6 Å². The number of aryl methyl sites for hydroxylation is 3. The van der Waals surface area contributed by atoms with Crippen LogP contribution in [0.15, 0.2) is 27.8 Å². The molecule has 0 saturated heterocycles. The van der Waals surface area contributed by atoms with Gasteiger partial charge >= 0.3 is 5.69 Å². The summed E-state index contributed by atoms with van der Waals surface area (Å²) in [6.07, 6.45) is 4.49. The molecular weight excluding hydrogens is 432 g/mol. The number of anilines is 1. The van der Waals surface area contributed by atoms with Crippen molar-refractivity contribution in [2.24, 2.45) is 0 Å². The van der Waals surface area contributed by atoms with Gasteiger partial charge in [-0.2, -0.15) is 0 Å². The molecule has 33 heavy (non-hydrogen) atoms. The lowest BCUT2D eigenvalue weighted by Gasteiger charge is -2.10. The van der Waals surface area contributed by atoms with Crippen molar-refractivity contribution in [2.75, 3.05) is 5.32 Å². The smallest absolute Gasteiger partial charge is 0.324 e. The number of amides is 1. The fourth-order valence-electron chi connectivity index (χ4n) is 3.72. The first-order chi connectivity index (χ1) is 15.8. The highest BCUT2D eigenvalue weighted by Crippen LogP contribution is 2.18. The molecule has 0 spiro atoms. The van der Waals surface area contributed by atoms with Crippen molar-refractivity contribution in [3.63, 3.8) is 0 Å². The number of fused-ring (bicyclic) bond motifs is 1. The normalized spacial score (nSPS) is 11.3. The van der Waals surface area contributed by atoms with Crippen molar-refractivity contribution >= 4 is 22.8 Å². The lowest BCUT2D eigenvalue weighted by atomic mass is 10.2. The summed E-state index contributed by atoms with van der Waals surface area (Å²) in [6, 6.07) is 2.83. The number of halogens is 2. The van der Waals surface area contributed by atoms with Gasteiger partial charge in [0.1, 0.15) is 17.5 Å². The van der Waals surface area contributed by atoms with Gasteiger partial charge in [-0.1, -0.05) is 33.1 Å². The van der Waals surface area contributed by atoms with E-state index in [1.54, 1.807) is 4.57 Å². The summed E-state index contributed by atoms with van der Waals surface area (Å²) >= 11 is 0. The lowest BCUT2D eigenvalue weighted by molar-refractivity contribution is -0.116. The summed E-state index contributed by atoms with van der Waals surface area (Å²) in [5, 5.41) is 2.37. The summed E-state index contributed by atoms with van der Waals surface area (Å²) in [5.41, 5.74) is -0.635. The van der Waals surface area contributed by atoms with Crippen LogP contribution in [-0.4, -0.2) is 25.0 Å². The number of nitrogens with zero attached hydrogens (tertiary/aromatic N) is 3. The van der Waals surface area contributed by atoms with Crippen LogP contribution >= 0.6 is 0 Å². The van der Waals surface area contributed by atoms with Gasteiger partial charge in [0, 0.05) is 32.0 Å². The van der Waals surface area contributed by atoms with Gasteiger partial charge in [0.25, 0.3) is 5.56 Å². The Labute approximate surface area is 189 Å². The molecule has 3 rings (SSSR count). The van der Waals surface area contributed by atoms with Crippen LogP contribution in [0.3, 0.4) is 0 Å². The molecule has 0 aliphatic carbocycles. The van der Waals surface area contributed by atoms with E-state index < -0.39 is 28.8 Å². The molecule has 8 nitrogen and oxygen atoms in total. The Morgan fingerprint density at radius 1 is 1.06 bits per heavy atom. The van der Waals surface area contributed by atoms with E-state index in [0.717, 1.165) is 50.3 Å². The molecule has 2 aromatic heterocycles. The molecule has 1 amide bonds. The molecule has 0 bridgehead atoms. The first-order valence-corrected chi connectivity index (χ1v) is 11.3. The summed E-state index contributed by atoms with van der Waals surface area (Å²) in [7, 11) is 0. The van der Waals surface area contributed by atoms with Crippen LogP contribution in [0.4, 0.5) is 14.5 Å². The summed E-state index contributed by atoms with van der Waals surface area (Å²) in [5.74, 6) is -1.40. The first kappa shape index (κ1) is 24.3. The number of carbonyl (C=O) groups is 1.